The monoisotopic (exact) mass is 870 g/mol. The summed E-state index contributed by atoms with van der Waals surface area (Å²) in [6.45, 7) is 8.65. The zero-order valence-electron chi connectivity index (χ0n) is 38.8. The quantitative estimate of drug-likeness (QED) is 0.150. The lowest BCUT2D eigenvalue weighted by Crippen LogP contribution is -2.17. The van der Waals surface area contributed by atoms with Gasteiger partial charge in [-0.15, -0.1) is 0 Å². The molecule has 0 heterocycles. The van der Waals surface area contributed by atoms with Crippen molar-refractivity contribution in [3.63, 3.8) is 0 Å². The second kappa shape index (κ2) is 15.7. The van der Waals surface area contributed by atoms with Crippen LogP contribution in [0.4, 0.5) is 34.1 Å². The number of fused-ring (bicyclic) bond motifs is 6. The molecule has 0 fully saturated rings. The first-order valence-corrected chi connectivity index (χ1v) is 24.0. The van der Waals surface area contributed by atoms with E-state index in [4.69, 9.17) is 0 Å². The van der Waals surface area contributed by atoms with Gasteiger partial charge in [-0.2, -0.15) is 0 Å². The maximum atomic E-state index is 2.47. The van der Waals surface area contributed by atoms with Crippen molar-refractivity contribution < 1.29 is 0 Å². The maximum absolute atomic E-state index is 2.47. The Labute approximate surface area is 399 Å². The van der Waals surface area contributed by atoms with E-state index in [2.05, 4.69) is 256 Å². The number of benzene rings is 10. The van der Waals surface area contributed by atoms with Crippen LogP contribution >= 0.6 is 0 Å². The Balaban J connectivity index is 1.10. The third-order valence-corrected chi connectivity index (χ3v) is 14.9. The molecule has 0 amide bonds. The maximum Gasteiger partial charge on any atom is 0.0540 e. The Kier molecular flexibility index (Phi) is 9.27. The number of rotatable bonds is 8. The molecule has 0 saturated heterocycles. The van der Waals surface area contributed by atoms with Crippen LogP contribution in [0, 0.1) is 27.7 Å². The molecular formula is C66H50N2. The van der Waals surface area contributed by atoms with Crippen molar-refractivity contribution in [3.8, 4) is 0 Å². The molecular weight excluding hydrogens is 821 g/mol. The van der Waals surface area contributed by atoms with E-state index in [9.17, 15) is 0 Å². The third kappa shape index (κ3) is 6.17. The molecule has 10 aromatic rings. The van der Waals surface area contributed by atoms with Gasteiger partial charge in [-0.1, -0.05) is 180 Å². The minimum Gasteiger partial charge on any atom is -0.310 e. The van der Waals surface area contributed by atoms with Crippen LogP contribution in [0.1, 0.15) is 67.5 Å². The van der Waals surface area contributed by atoms with E-state index in [0.717, 1.165) is 22.7 Å². The molecule has 2 unspecified atom stereocenters. The molecule has 10 aromatic carbocycles. The predicted octanol–water partition coefficient (Wildman–Crippen LogP) is 17.9. The average Bonchev–Trinajstić information content (AvgIpc) is 3.89. The molecule has 3 aliphatic carbocycles. The van der Waals surface area contributed by atoms with Crippen LogP contribution in [0.25, 0.3) is 43.8 Å². The fourth-order valence-corrected chi connectivity index (χ4v) is 11.8. The lowest BCUT2D eigenvalue weighted by Gasteiger charge is -2.36. The second-order valence-electron chi connectivity index (χ2n) is 19.1. The Morgan fingerprint density at radius 2 is 0.662 bits per heavy atom. The minimum atomic E-state index is 0.0770. The number of aryl methyl sites for hydroxylation is 4. The highest BCUT2D eigenvalue weighted by Gasteiger charge is 2.48. The first-order chi connectivity index (χ1) is 33.4. The van der Waals surface area contributed by atoms with E-state index in [1.165, 1.54) is 111 Å². The smallest absolute Gasteiger partial charge is 0.0540 e. The Bertz CT molecular complexity index is 3500. The van der Waals surface area contributed by atoms with E-state index in [0.29, 0.717) is 0 Å². The van der Waals surface area contributed by atoms with Gasteiger partial charge < -0.3 is 9.80 Å². The molecule has 2 heteroatoms. The highest BCUT2D eigenvalue weighted by Crippen LogP contribution is 2.68. The van der Waals surface area contributed by atoms with Gasteiger partial charge in [0.05, 0.1) is 11.4 Å². The van der Waals surface area contributed by atoms with Gasteiger partial charge in [0.1, 0.15) is 0 Å². The number of nitrogens with zero attached hydrogens (tertiary/aromatic N) is 2. The zero-order chi connectivity index (χ0) is 45.6. The van der Waals surface area contributed by atoms with Crippen LogP contribution in [0.5, 0.6) is 0 Å². The van der Waals surface area contributed by atoms with Crippen LogP contribution in [0.3, 0.4) is 0 Å². The SMILES string of the molecule is Cc1ccc(N(c2ccc(C)cc2)c2ccc3c4c(cccc24)C2=C(c4ccccc4)C4c5ccc(N(c6ccc(C)cc6)c6ccc(C)cc6)c6cccc(c56)C4C(c4ccccc4)=C23)cc1. The summed E-state index contributed by atoms with van der Waals surface area (Å²) in [4.78, 5) is 4.90. The highest BCUT2D eigenvalue weighted by atomic mass is 15.1. The molecule has 0 aliphatic heterocycles. The molecule has 68 heavy (non-hydrogen) atoms. The van der Waals surface area contributed by atoms with E-state index in [1.807, 2.05) is 0 Å². The van der Waals surface area contributed by atoms with Gasteiger partial charge in [0.25, 0.3) is 0 Å². The first kappa shape index (κ1) is 40.1. The van der Waals surface area contributed by atoms with Crippen molar-refractivity contribution in [2.45, 2.75) is 39.5 Å². The molecule has 13 rings (SSSR count). The van der Waals surface area contributed by atoms with Crippen molar-refractivity contribution in [2.75, 3.05) is 9.80 Å². The van der Waals surface area contributed by atoms with Gasteiger partial charge >= 0.3 is 0 Å². The molecule has 3 aliphatic rings. The molecule has 0 aromatic heterocycles. The summed E-state index contributed by atoms with van der Waals surface area (Å²) in [7, 11) is 0. The lowest BCUT2D eigenvalue weighted by molar-refractivity contribution is 0.808. The van der Waals surface area contributed by atoms with Crippen molar-refractivity contribution in [1.29, 1.82) is 0 Å². The number of hydrogen-bond acceptors (Lipinski definition) is 2. The fraction of sp³-hybridized carbons (Fsp3) is 0.0909. The fourth-order valence-electron chi connectivity index (χ4n) is 11.8. The van der Waals surface area contributed by atoms with Crippen molar-refractivity contribution in [2.24, 2.45) is 0 Å². The average molecular weight is 871 g/mol. The zero-order valence-corrected chi connectivity index (χ0v) is 38.8. The van der Waals surface area contributed by atoms with Crippen LogP contribution in [-0.4, -0.2) is 0 Å². The van der Waals surface area contributed by atoms with Gasteiger partial charge in [-0.05, 0) is 155 Å². The normalized spacial score (nSPS) is 15.5. The molecule has 2 atom stereocenters. The van der Waals surface area contributed by atoms with Gasteiger partial charge in [0, 0.05) is 45.4 Å². The largest absolute Gasteiger partial charge is 0.310 e. The predicted molar refractivity (Wildman–Crippen MR) is 288 cm³/mol. The van der Waals surface area contributed by atoms with Crippen molar-refractivity contribution >= 4 is 78.0 Å². The number of anilines is 6. The highest BCUT2D eigenvalue weighted by molar-refractivity contribution is 6.36. The first-order valence-electron chi connectivity index (χ1n) is 24.0. The van der Waals surface area contributed by atoms with E-state index in [-0.39, 0.29) is 11.8 Å². The van der Waals surface area contributed by atoms with Gasteiger partial charge in [0.2, 0.25) is 0 Å². The van der Waals surface area contributed by atoms with E-state index < -0.39 is 0 Å². The van der Waals surface area contributed by atoms with E-state index >= 15 is 0 Å². The van der Waals surface area contributed by atoms with Crippen molar-refractivity contribution in [1.82, 2.24) is 0 Å². The Morgan fingerprint density at radius 3 is 1.10 bits per heavy atom. The topological polar surface area (TPSA) is 6.48 Å². The minimum absolute atomic E-state index is 0.0770. The second-order valence-corrected chi connectivity index (χ2v) is 19.1. The van der Waals surface area contributed by atoms with Crippen LogP contribution < -0.4 is 9.80 Å². The van der Waals surface area contributed by atoms with E-state index in [1.54, 1.807) is 0 Å². The van der Waals surface area contributed by atoms with Crippen molar-refractivity contribution in [3.05, 3.63) is 274 Å². The molecule has 324 valence electrons. The molecule has 0 bridgehead atoms. The van der Waals surface area contributed by atoms with Gasteiger partial charge in [-0.3, -0.25) is 0 Å². The number of hydrogen-bond donors (Lipinski definition) is 0. The van der Waals surface area contributed by atoms with Gasteiger partial charge in [-0.25, -0.2) is 0 Å². The Morgan fingerprint density at radius 1 is 0.294 bits per heavy atom. The standard InChI is InChI=1S/C66H50N2/c1-41-21-29-47(30-22-41)67(48-31-23-42(2)24-32-48)57-39-37-55-61-51(57)17-11-19-53(61)63-59(45-13-7-5-8-14-45)66-56-38-40-58(68(49-33-25-43(3)26-34-49)50-35-27-44(4)28-36-50)52-18-12-20-54(62(52)56)64(66)60(65(55)63)46-15-9-6-10-16-46/h5-40,63,65H,1-4H3. The molecule has 0 N–H and O–H groups in total. The summed E-state index contributed by atoms with van der Waals surface area (Å²) in [6, 6.07) is 82.3. The molecule has 2 nitrogen and oxygen atoms in total. The summed E-state index contributed by atoms with van der Waals surface area (Å²) in [6.07, 6.45) is 0. The van der Waals surface area contributed by atoms with Crippen LogP contribution in [0.2, 0.25) is 0 Å². The summed E-state index contributed by atoms with van der Waals surface area (Å²) >= 11 is 0. The summed E-state index contributed by atoms with van der Waals surface area (Å²) in [5, 5.41) is 5.21. The molecule has 0 spiro atoms. The summed E-state index contributed by atoms with van der Waals surface area (Å²) in [5.41, 5.74) is 25.4. The third-order valence-electron chi connectivity index (χ3n) is 14.9. The van der Waals surface area contributed by atoms with Gasteiger partial charge in [0.15, 0.2) is 0 Å². The summed E-state index contributed by atoms with van der Waals surface area (Å²) < 4.78 is 0. The van der Waals surface area contributed by atoms with Crippen LogP contribution in [-0.2, 0) is 0 Å². The molecule has 0 saturated carbocycles. The summed E-state index contributed by atoms with van der Waals surface area (Å²) in [5.74, 6) is 0.154. The Hall–Kier alpha value is -8.20. The molecule has 0 radical (unpaired) electrons. The number of allylic oxidation sites excluding steroid dienone is 4. The lowest BCUT2D eigenvalue weighted by atomic mass is 9.66. The van der Waals surface area contributed by atoms with Crippen LogP contribution in [0.15, 0.2) is 218 Å².